The van der Waals surface area contributed by atoms with E-state index in [0.717, 1.165) is 18.5 Å². The molecular weight excluding hydrogens is 201 g/mol. The normalized spacial score (nSPS) is 24.5. The predicted molar refractivity (Wildman–Crippen MR) is 65.0 cm³/mol. The monoisotopic (exact) mass is 221 g/mol. The predicted octanol–water partition coefficient (Wildman–Crippen LogP) is 3.32. The molecule has 0 bridgehead atoms. The van der Waals surface area contributed by atoms with E-state index in [1.807, 2.05) is 12.1 Å². The van der Waals surface area contributed by atoms with Crippen LogP contribution in [0, 0.1) is 11.7 Å². The quantitative estimate of drug-likeness (QED) is 0.822. The minimum absolute atomic E-state index is 0.0400. The second-order valence-corrected chi connectivity index (χ2v) is 5.03. The number of benzene rings is 1. The summed E-state index contributed by atoms with van der Waals surface area (Å²) in [5.41, 5.74) is 0.907. The SMILES string of the molecule is CC(C)NCC1CCC1c1ccccc1F. The lowest BCUT2D eigenvalue weighted by molar-refractivity contribution is 0.236. The fourth-order valence-corrected chi connectivity index (χ4v) is 2.39. The van der Waals surface area contributed by atoms with E-state index >= 15 is 0 Å². The first-order chi connectivity index (χ1) is 7.68. The van der Waals surface area contributed by atoms with Crippen LogP contribution in [-0.2, 0) is 0 Å². The Bertz CT molecular complexity index is 348. The van der Waals surface area contributed by atoms with Crippen molar-refractivity contribution in [2.75, 3.05) is 6.54 Å². The zero-order valence-corrected chi connectivity index (χ0v) is 10.0. The summed E-state index contributed by atoms with van der Waals surface area (Å²) >= 11 is 0. The molecule has 1 aromatic carbocycles. The van der Waals surface area contributed by atoms with Crippen LogP contribution in [0.3, 0.4) is 0 Å². The van der Waals surface area contributed by atoms with E-state index in [1.165, 1.54) is 6.42 Å². The standard InChI is InChI=1S/C14H20FN/c1-10(2)16-9-11-7-8-12(11)13-5-3-4-6-14(13)15/h3-6,10-12,16H,7-9H2,1-2H3. The summed E-state index contributed by atoms with van der Waals surface area (Å²) in [4.78, 5) is 0. The first-order valence-corrected chi connectivity index (χ1v) is 6.16. The summed E-state index contributed by atoms with van der Waals surface area (Å²) in [6.45, 7) is 5.31. The average molecular weight is 221 g/mol. The third-order valence-electron chi connectivity index (χ3n) is 3.51. The highest BCUT2D eigenvalue weighted by atomic mass is 19.1. The molecule has 0 aromatic heterocycles. The van der Waals surface area contributed by atoms with Gasteiger partial charge in [0.2, 0.25) is 0 Å². The van der Waals surface area contributed by atoms with Crippen LogP contribution in [0.4, 0.5) is 4.39 Å². The molecule has 2 rings (SSSR count). The van der Waals surface area contributed by atoms with Crippen molar-refractivity contribution in [3.63, 3.8) is 0 Å². The Morgan fingerprint density at radius 2 is 2.06 bits per heavy atom. The van der Waals surface area contributed by atoms with Crippen LogP contribution in [0.2, 0.25) is 0 Å². The first kappa shape index (κ1) is 11.6. The summed E-state index contributed by atoms with van der Waals surface area (Å²) in [5, 5.41) is 3.44. The van der Waals surface area contributed by atoms with Crippen molar-refractivity contribution in [2.45, 2.75) is 38.6 Å². The molecule has 1 saturated carbocycles. The van der Waals surface area contributed by atoms with Gasteiger partial charge in [0.25, 0.3) is 0 Å². The highest BCUT2D eigenvalue weighted by molar-refractivity contribution is 5.24. The molecule has 0 heterocycles. The van der Waals surface area contributed by atoms with Gasteiger partial charge in [-0.1, -0.05) is 32.0 Å². The second kappa shape index (κ2) is 4.96. The maximum Gasteiger partial charge on any atom is 0.126 e. The lowest BCUT2D eigenvalue weighted by atomic mass is 9.70. The van der Waals surface area contributed by atoms with Crippen molar-refractivity contribution in [3.05, 3.63) is 35.6 Å². The number of nitrogens with one attached hydrogen (secondary N) is 1. The van der Waals surface area contributed by atoms with Gasteiger partial charge in [-0.2, -0.15) is 0 Å². The fourth-order valence-electron chi connectivity index (χ4n) is 2.39. The third kappa shape index (κ3) is 2.43. The zero-order valence-electron chi connectivity index (χ0n) is 10.0. The van der Waals surface area contributed by atoms with E-state index in [1.54, 1.807) is 12.1 Å². The lowest BCUT2D eigenvalue weighted by Gasteiger charge is -2.38. The maximum atomic E-state index is 13.6. The van der Waals surface area contributed by atoms with Crippen molar-refractivity contribution < 1.29 is 4.39 Å². The largest absolute Gasteiger partial charge is 0.314 e. The average Bonchev–Trinajstić information content (AvgIpc) is 2.19. The van der Waals surface area contributed by atoms with Crippen LogP contribution in [0.5, 0.6) is 0 Å². The van der Waals surface area contributed by atoms with E-state index in [4.69, 9.17) is 0 Å². The van der Waals surface area contributed by atoms with Gasteiger partial charge in [0.05, 0.1) is 0 Å². The van der Waals surface area contributed by atoms with Gasteiger partial charge in [-0.25, -0.2) is 4.39 Å². The van der Waals surface area contributed by atoms with Gasteiger partial charge in [-0.05, 0) is 42.9 Å². The first-order valence-electron chi connectivity index (χ1n) is 6.16. The Hall–Kier alpha value is -0.890. The van der Waals surface area contributed by atoms with Crippen molar-refractivity contribution in [3.8, 4) is 0 Å². The Kier molecular flexibility index (Phi) is 3.59. The van der Waals surface area contributed by atoms with E-state index in [9.17, 15) is 4.39 Å². The minimum atomic E-state index is -0.0400. The molecule has 0 saturated heterocycles. The number of hydrogen-bond donors (Lipinski definition) is 1. The van der Waals surface area contributed by atoms with E-state index < -0.39 is 0 Å². The lowest BCUT2D eigenvalue weighted by Crippen LogP contribution is -2.37. The zero-order chi connectivity index (χ0) is 11.5. The van der Waals surface area contributed by atoms with Crippen LogP contribution < -0.4 is 5.32 Å². The summed E-state index contributed by atoms with van der Waals surface area (Å²) < 4.78 is 13.6. The molecule has 2 heteroatoms. The van der Waals surface area contributed by atoms with Crippen molar-refractivity contribution in [2.24, 2.45) is 5.92 Å². The van der Waals surface area contributed by atoms with Gasteiger partial charge in [-0.15, -0.1) is 0 Å². The van der Waals surface area contributed by atoms with Gasteiger partial charge in [0, 0.05) is 6.04 Å². The third-order valence-corrected chi connectivity index (χ3v) is 3.51. The van der Waals surface area contributed by atoms with Crippen LogP contribution in [0.15, 0.2) is 24.3 Å². The summed E-state index contributed by atoms with van der Waals surface area (Å²) in [7, 11) is 0. The highest BCUT2D eigenvalue weighted by Crippen LogP contribution is 2.42. The molecule has 16 heavy (non-hydrogen) atoms. The summed E-state index contributed by atoms with van der Waals surface area (Å²) in [6.07, 6.45) is 2.35. The Balaban J connectivity index is 1.98. The molecule has 1 N–H and O–H groups in total. The number of halogens is 1. The van der Waals surface area contributed by atoms with Gasteiger partial charge in [-0.3, -0.25) is 0 Å². The van der Waals surface area contributed by atoms with Gasteiger partial charge in [0.1, 0.15) is 5.82 Å². The number of rotatable bonds is 4. The smallest absolute Gasteiger partial charge is 0.126 e. The molecule has 0 amide bonds. The van der Waals surface area contributed by atoms with Crippen LogP contribution in [0.1, 0.15) is 38.2 Å². The Morgan fingerprint density at radius 1 is 1.31 bits per heavy atom. The Morgan fingerprint density at radius 3 is 2.62 bits per heavy atom. The highest BCUT2D eigenvalue weighted by Gasteiger charge is 2.33. The maximum absolute atomic E-state index is 13.6. The fraction of sp³-hybridized carbons (Fsp3) is 0.571. The molecule has 0 aliphatic heterocycles. The molecule has 2 atom stereocenters. The second-order valence-electron chi connectivity index (χ2n) is 5.03. The van der Waals surface area contributed by atoms with Crippen molar-refractivity contribution in [1.82, 2.24) is 5.32 Å². The van der Waals surface area contributed by atoms with Crippen LogP contribution >= 0.6 is 0 Å². The molecule has 1 fully saturated rings. The minimum Gasteiger partial charge on any atom is -0.314 e. The molecule has 2 unspecified atom stereocenters. The Labute approximate surface area is 97.1 Å². The van der Waals surface area contributed by atoms with Crippen molar-refractivity contribution in [1.29, 1.82) is 0 Å². The van der Waals surface area contributed by atoms with Gasteiger partial charge in [0.15, 0.2) is 0 Å². The van der Waals surface area contributed by atoms with E-state index in [0.29, 0.717) is 17.9 Å². The summed E-state index contributed by atoms with van der Waals surface area (Å²) in [6, 6.07) is 7.71. The molecule has 88 valence electrons. The van der Waals surface area contributed by atoms with E-state index in [-0.39, 0.29) is 5.82 Å². The van der Waals surface area contributed by atoms with E-state index in [2.05, 4.69) is 19.2 Å². The number of hydrogen-bond acceptors (Lipinski definition) is 1. The summed E-state index contributed by atoms with van der Waals surface area (Å²) in [5.74, 6) is 0.994. The molecule has 1 aliphatic carbocycles. The van der Waals surface area contributed by atoms with Gasteiger partial charge >= 0.3 is 0 Å². The van der Waals surface area contributed by atoms with Crippen LogP contribution in [-0.4, -0.2) is 12.6 Å². The van der Waals surface area contributed by atoms with Crippen LogP contribution in [0.25, 0.3) is 0 Å². The van der Waals surface area contributed by atoms with Crippen molar-refractivity contribution >= 4 is 0 Å². The molecule has 1 aliphatic rings. The molecular formula is C14H20FN. The molecule has 1 aromatic rings. The molecule has 1 nitrogen and oxygen atoms in total. The topological polar surface area (TPSA) is 12.0 Å². The molecule has 0 spiro atoms. The molecule has 0 radical (unpaired) electrons. The van der Waals surface area contributed by atoms with Gasteiger partial charge < -0.3 is 5.32 Å².